The molecule has 2 N–H and O–H groups in total. The van der Waals surface area contributed by atoms with Gasteiger partial charge in [-0.1, -0.05) is 19.9 Å². The van der Waals surface area contributed by atoms with Crippen LogP contribution in [-0.4, -0.2) is 15.5 Å². The number of nitrogens with one attached hydrogen (secondary N) is 2. The van der Waals surface area contributed by atoms with Crippen molar-refractivity contribution in [2.75, 3.05) is 12.4 Å². The molecule has 0 atom stereocenters. The zero-order chi connectivity index (χ0) is 20.1. The van der Waals surface area contributed by atoms with Crippen LogP contribution in [0.4, 0.5) is 24.5 Å². The lowest BCUT2D eigenvalue weighted by molar-refractivity contribution is -0.137. The molecular weight excluding hydrogens is 433 g/mol. The van der Waals surface area contributed by atoms with E-state index in [-0.39, 0.29) is 10.6 Å². The van der Waals surface area contributed by atoms with E-state index in [0.717, 1.165) is 12.1 Å². The normalized spacial score (nSPS) is 11.5. The lowest BCUT2D eigenvalue weighted by Crippen LogP contribution is -2.18. The number of hydrogen-bond donors (Lipinski definition) is 2. The van der Waals surface area contributed by atoms with Crippen LogP contribution < -0.4 is 10.0 Å². The van der Waals surface area contributed by atoms with Crippen LogP contribution in [0.3, 0.4) is 0 Å². The molecule has 0 bridgehead atoms. The largest absolute Gasteiger partial charge is 0.416 e. The second kappa shape index (κ2) is 8.88. The standard InChI is InChI=1S/C15H14BrF3N2O2S.C2H6/c1-9-6-12(24(22,23)20-2)8-13(16)14(9)21-11-5-3-4-10(7-11)15(17,18)19;1-2/h3-8,20-21H,1-2H3;1-2H3. The summed E-state index contributed by atoms with van der Waals surface area (Å²) < 4.78 is 64.7. The molecular formula is C17H20BrF3N2O2S. The van der Waals surface area contributed by atoms with Gasteiger partial charge in [-0.3, -0.25) is 0 Å². The summed E-state index contributed by atoms with van der Waals surface area (Å²) in [6.45, 7) is 5.66. The van der Waals surface area contributed by atoms with Gasteiger partial charge in [0.25, 0.3) is 0 Å². The molecule has 9 heteroatoms. The summed E-state index contributed by atoms with van der Waals surface area (Å²) in [4.78, 5) is 0.0592. The van der Waals surface area contributed by atoms with Crippen LogP contribution in [0.25, 0.3) is 0 Å². The van der Waals surface area contributed by atoms with Crippen molar-refractivity contribution in [2.45, 2.75) is 31.8 Å². The number of sulfonamides is 1. The minimum Gasteiger partial charge on any atom is -0.354 e. The van der Waals surface area contributed by atoms with E-state index < -0.39 is 21.8 Å². The van der Waals surface area contributed by atoms with E-state index in [9.17, 15) is 21.6 Å². The van der Waals surface area contributed by atoms with Crippen molar-refractivity contribution in [1.82, 2.24) is 4.72 Å². The van der Waals surface area contributed by atoms with Gasteiger partial charge in [0.15, 0.2) is 0 Å². The number of alkyl halides is 3. The Kier molecular flexibility index (Phi) is 7.67. The molecule has 2 aromatic carbocycles. The number of anilines is 2. The Balaban J connectivity index is 0.00000163. The molecule has 0 saturated carbocycles. The highest BCUT2D eigenvalue weighted by atomic mass is 79.9. The van der Waals surface area contributed by atoms with Gasteiger partial charge >= 0.3 is 6.18 Å². The molecule has 0 aliphatic carbocycles. The second-order valence-corrected chi connectivity index (χ2v) is 7.75. The number of benzene rings is 2. The monoisotopic (exact) mass is 452 g/mol. The van der Waals surface area contributed by atoms with Gasteiger partial charge in [0.1, 0.15) is 0 Å². The molecule has 144 valence electrons. The van der Waals surface area contributed by atoms with Gasteiger partial charge in [0.2, 0.25) is 10.0 Å². The maximum Gasteiger partial charge on any atom is 0.416 e. The van der Waals surface area contributed by atoms with Crippen molar-refractivity contribution in [3.63, 3.8) is 0 Å². The Hall–Kier alpha value is -1.58. The van der Waals surface area contributed by atoms with E-state index in [4.69, 9.17) is 0 Å². The van der Waals surface area contributed by atoms with Crippen LogP contribution in [0.15, 0.2) is 45.8 Å². The van der Waals surface area contributed by atoms with E-state index in [2.05, 4.69) is 26.0 Å². The third kappa shape index (κ3) is 5.46. The topological polar surface area (TPSA) is 58.2 Å². The van der Waals surface area contributed by atoms with Gasteiger partial charge in [-0.2, -0.15) is 13.2 Å². The summed E-state index contributed by atoms with van der Waals surface area (Å²) in [6, 6.07) is 7.59. The quantitative estimate of drug-likeness (QED) is 0.647. The van der Waals surface area contributed by atoms with Crippen LogP contribution in [0.5, 0.6) is 0 Å². The van der Waals surface area contributed by atoms with Gasteiger partial charge < -0.3 is 5.32 Å². The lowest BCUT2D eigenvalue weighted by Gasteiger charge is -2.15. The molecule has 0 amide bonds. The molecule has 2 aromatic rings. The predicted molar refractivity (Wildman–Crippen MR) is 101 cm³/mol. The highest BCUT2D eigenvalue weighted by Crippen LogP contribution is 2.35. The number of aryl methyl sites for hydroxylation is 1. The van der Waals surface area contributed by atoms with E-state index in [1.165, 1.54) is 31.3 Å². The molecule has 0 aliphatic heterocycles. The van der Waals surface area contributed by atoms with Gasteiger partial charge in [-0.05, 0) is 65.8 Å². The summed E-state index contributed by atoms with van der Waals surface area (Å²) in [5.74, 6) is 0. The van der Waals surface area contributed by atoms with Crippen molar-refractivity contribution < 1.29 is 21.6 Å². The van der Waals surface area contributed by atoms with E-state index >= 15 is 0 Å². The third-order valence-electron chi connectivity index (χ3n) is 3.30. The van der Waals surface area contributed by atoms with Crippen molar-refractivity contribution in [3.05, 3.63) is 52.0 Å². The average molecular weight is 453 g/mol. The van der Waals surface area contributed by atoms with Crippen LogP contribution in [0.2, 0.25) is 0 Å². The van der Waals surface area contributed by atoms with Crippen molar-refractivity contribution in [3.8, 4) is 0 Å². The summed E-state index contributed by atoms with van der Waals surface area (Å²) >= 11 is 3.26. The second-order valence-electron chi connectivity index (χ2n) is 5.01. The fourth-order valence-electron chi connectivity index (χ4n) is 2.06. The smallest absolute Gasteiger partial charge is 0.354 e. The van der Waals surface area contributed by atoms with Crippen LogP contribution in [-0.2, 0) is 16.2 Å². The first kappa shape index (κ1) is 22.5. The molecule has 2 rings (SSSR count). The average Bonchev–Trinajstić information content (AvgIpc) is 2.59. The first-order chi connectivity index (χ1) is 12.0. The summed E-state index contributed by atoms with van der Waals surface area (Å²) in [6.07, 6.45) is -4.44. The minimum atomic E-state index is -4.44. The maximum atomic E-state index is 12.8. The summed E-state index contributed by atoms with van der Waals surface area (Å²) in [5, 5.41) is 2.89. The molecule has 4 nitrogen and oxygen atoms in total. The fraction of sp³-hybridized carbons (Fsp3) is 0.294. The Morgan fingerprint density at radius 3 is 2.19 bits per heavy atom. The molecule has 0 fully saturated rings. The van der Waals surface area contributed by atoms with Gasteiger partial charge in [-0.15, -0.1) is 0 Å². The number of rotatable bonds is 4. The zero-order valence-electron chi connectivity index (χ0n) is 14.7. The van der Waals surface area contributed by atoms with E-state index in [1.807, 2.05) is 13.8 Å². The summed E-state index contributed by atoms with van der Waals surface area (Å²) in [7, 11) is -2.32. The van der Waals surface area contributed by atoms with E-state index in [1.54, 1.807) is 6.92 Å². The third-order valence-corrected chi connectivity index (χ3v) is 5.32. The number of halogens is 4. The van der Waals surface area contributed by atoms with Crippen molar-refractivity contribution in [1.29, 1.82) is 0 Å². The molecule has 0 saturated heterocycles. The zero-order valence-corrected chi connectivity index (χ0v) is 17.1. The van der Waals surface area contributed by atoms with Gasteiger partial charge in [0, 0.05) is 10.2 Å². The predicted octanol–water partition coefficient (Wildman–Crippen LogP) is 5.45. The molecule has 26 heavy (non-hydrogen) atoms. The van der Waals surface area contributed by atoms with Crippen LogP contribution >= 0.6 is 15.9 Å². The van der Waals surface area contributed by atoms with Gasteiger partial charge in [-0.25, -0.2) is 13.1 Å². The minimum absolute atomic E-state index is 0.0592. The fourth-order valence-corrected chi connectivity index (χ4v) is 3.71. The molecule has 0 spiro atoms. The highest BCUT2D eigenvalue weighted by molar-refractivity contribution is 9.10. The summed E-state index contributed by atoms with van der Waals surface area (Å²) in [5.41, 5.74) is 0.536. The SMILES string of the molecule is CC.CNS(=O)(=O)c1cc(C)c(Nc2cccc(C(F)(F)F)c2)c(Br)c1. The Morgan fingerprint density at radius 1 is 1.08 bits per heavy atom. The number of hydrogen-bond acceptors (Lipinski definition) is 3. The van der Waals surface area contributed by atoms with Crippen molar-refractivity contribution in [2.24, 2.45) is 0 Å². The molecule has 0 aliphatic rings. The van der Waals surface area contributed by atoms with E-state index in [0.29, 0.717) is 15.7 Å². The molecule has 0 aromatic heterocycles. The first-order valence-corrected chi connectivity index (χ1v) is 10.00. The Bertz CT molecular complexity index is 846. The molecule has 0 radical (unpaired) electrons. The highest BCUT2D eigenvalue weighted by Gasteiger charge is 2.30. The Morgan fingerprint density at radius 2 is 1.69 bits per heavy atom. The van der Waals surface area contributed by atoms with Gasteiger partial charge in [0.05, 0.1) is 16.1 Å². The first-order valence-electron chi connectivity index (χ1n) is 7.72. The van der Waals surface area contributed by atoms with Crippen molar-refractivity contribution >= 4 is 37.3 Å². The Labute approximate surface area is 160 Å². The van der Waals surface area contributed by atoms with Crippen LogP contribution in [0, 0.1) is 6.92 Å². The van der Waals surface area contributed by atoms with Crippen LogP contribution in [0.1, 0.15) is 25.0 Å². The maximum absolute atomic E-state index is 12.8. The lowest BCUT2D eigenvalue weighted by atomic mass is 10.1. The molecule has 0 unspecified atom stereocenters. The molecule has 0 heterocycles.